The van der Waals surface area contributed by atoms with E-state index in [1.54, 1.807) is 12.1 Å². The van der Waals surface area contributed by atoms with Gasteiger partial charge in [0.05, 0.1) is 12.1 Å². The van der Waals surface area contributed by atoms with Crippen molar-refractivity contribution in [3.63, 3.8) is 0 Å². The number of aromatic nitrogens is 1. The van der Waals surface area contributed by atoms with Crippen LogP contribution in [0.1, 0.15) is 23.8 Å². The number of rotatable bonds is 5. The van der Waals surface area contributed by atoms with E-state index >= 15 is 0 Å². The molecule has 5 nitrogen and oxygen atoms in total. The number of alkyl halides is 3. The van der Waals surface area contributed by atoms with Crippen LogP contribution in [0.25, 0.3) is 0 Å². The summed E-state index contributed by atoms with van der Waals surface area (Å²) in [5, 5.41) is 0. The van der Waals surface area contributed by atoms with E-state index < -0.39 is 27.9 Å². The third kappa shape index (κ3) is 4.02. The van der Waals surface area contributed by atoms with Crippen LogP contribution in [0.3, 0.4) is 0 Å². The largest absolute Gasteiger partial charge is 0.473 e. The first-order valence-corrected chi connectivity index (χ1v) is 10.2. The fourth-order valence-electron chi connectivity index (χ4n) is 2.65. The van der Waals surface area contributed by atoms with Crippen molar-refractivity contribution in [3.05, 3.63) is 40.9 Å². The molecule has 0 saturated carbocycles. The Morgan fingerprint density at radius 1 is 1.35 bits per heavy atom. The third-order valence-corrected chi connectivity index (χ3v) is 7.60. The molecular formula is C16H17F3N2O3S2. The summed E-state index contributed by atoms with van der Waals surface area (Å²) in [5.74, 6) is -0.159. The lowest BCUT2D eigenvalue weighted by molar-refractivity contribution is -0.137. The quantitative estimate of drug-likeness (QED) is 0.762. The molecule has 10 heteroatoms. The maximum atomic E-state index is 12.7. The van der Waals surface area contributed by atoms with E-state index in [4.69, 9.17) is 4.74 Å². The highest BCUT2D eigenvalue weighted by molar-refractivity contribution is 7.91. The Balaban J connectivity index is 1.69. The van der Waals surface area contributed by atoms with Gasteiger partial charge in [-0.15, -0.1) is 11.3 Å². The Bertz CT molecular complexity index is 881. The highest BCUT2D eigenvalue weighted by atomic mass is 32.2. The second kappa shape index (κ2) is 7.16. The number of hydrogen-bond donors (Lipinski definition) is 0. The van der Waals surface area contributed by atoms with Crippen LogP contribution in [0.4, 0.5) is 13.2 Å². The lowest BCUT2D eigenvalue weighted by atomic mass is 10.2. The molecule has 2 aromatic heterocycles. The number of aryl methyl sites for hydroxylation is 1. The fraction of sp³-hybridized carbons (Fsp3) is 0.438. The Morgan fingerprint density at radius 3 is 2.77 bits per heavy atom. The lowest BCUT2D eigenvalue weighted by Crippen LogP contribution is -2.30. The van der Waals surface area contributed by atoms with Gasteiger partial charge in [-0.25, -0.2) is 13.4 Å². The van der Waals surface area contributed by atoms with E-state index in [-0.39, 0.29) is 23.2 Å². The predicted molar refractivity (Wildman–Crippen MR) is 90.7 cm³/mol. The molecule has 2 aromatic rings. The Morgan fingerprint density at radius 2 is 2.12 bits per heavy atom. The van der Waals surface area contributed by atoms with E-state index in [1.165, 1.54) is 15.6 Å². The number of nitrogens with zero attached hydrogens (tertiary/aromatic N) is 2. The van der Waals surface area contributed by atoms with Gasteiger partial charge in [-0.2, -0.15) is 17.5 Å². The Labute approximate surface area is 153 Å². The summed E-state index contributed by atoms with van der Waals surface area (Å²) in [6, 6.07) is 5.06. The zero-order valence-electron chi connectivity index (χ0n) is 13.9. The zero-order valence-corrected chi connectivity index (χ0v) is 15.5. The van der Waals surface area contributed by atoms with Gasteiger partial charge in [-0.1, -0.05) is 6.92 Å². The summed E-state index contributed by atoms with van der Waals surface area (Å²) >= 11 is 1.23. The van der Waals surface area contributed by atoms with Crippen LogP contribution >= 0.6 is 11.3 Å². The molecule has 0 bridgehead atoms. The van der Waals surface area contributed by atoms with Gasteiger partial charge in [0.15, 0.2) is 0 Å². The monoisotopic (exact) mass is 406 g/mol. The molecule has 1 saturated heterocycles. The summed E-state index contributed by atoms with van der Waals surface area (Å²) in [4.78, 5) is 4.76. The topological polar surface area (TPSA) is 59.5 Å². The van der Waals surface area contributed by atoms with Crippen molar-refractivity contribution in [3.8, 4) is 5.88 Å². The van der Waals surface area contributed by atoms with E-state index in [0.29, 0.717) is 6.42 Å². The van der Waals surface area contributed by atoms with Crippen molar-refractivity contribution in [2.75, 3.05) is 13.1 Å². The number of ether oxygens (including phenoxy) is 1. The van der Waals surface area contributed by atoms with Gasteiger partial charge in [0, 0.05) is 23.7 Å². The molecule has 1 aliphatic rings. The SMILES string of the molecule is CCc1ccc(S(=O)(=O)N2CCC(Oc3cc(C(F)(F)F)ccn3)C2)s1. The fourth-order valence-corrected chi connectivity index (χ4v) is 5.58. The van der Waals surface area contributed by atoms with E-state index in [1.807, 2.05) is 6.92 Å². The van der Waals surface area contributed by atoms with Gasteiger partial charge in [-0.05, 0) is 31.0 Å². The molecule has 0 aromatic carbocycles. The van der Waals surface area contributed by atoms with Crippen molar-refractivity contribution in [1.29, 1.82) is 0 Å². The molecule has 142 valence electrons. The molecule has 0 aliphatic carbocycles. The first kappa shape index (κ1) is 19.1. The summed E-state index contributed by atoms with van der Waals surface area (Å²) in [5.41, 5.74) is -0.851. The molecule has 1 atom stereocenters. The minimum atomic E-state index is -4.48. The number of thiophene rings is 1. The standard InChI is InChI=1S/C16H17F3N2O3S2/c1-2-13-3-4-15(25-13)26(22,23)21-8-6-12(10-21)24-14-9-11(5-7-20-14)16(17,18)19/h3-5,7,9,12H,2,6,8,10H2,1H3. The van der Waals surface area contributed by atoms with Gasteiger partial charge in [-0.3, -0.25) is 0 Å². The molecule has 0 N–H and O–H groups in total. The molecule has 3 rings (SSSR count). The molecular weight excluding hydrogens is 389 g/mol. The number of halogens is 3. The maximum Gasteiger partial charge on any atom is 0.416 e. The van der Waals surface area contributed by atoms with Crippen LogP contribution in [0, 0.1) is 0 Å². The second-order valence-electron chi connectivity index (χ2n) is 5.85. The molecule has 3 heterocycles. The molecule has 0 spiro atoms. The van der Waals surface area contributed by atoms with E-state index in [2.05, 4.69) is 4.98 Å². The first-order valence-electron chi connectivity index (χ1n) is 7.99. The van der Waals surface area contributed by atoms with Gasteiger partial charge in [0.1, 0.15) is 10.3 Å². The molecule has 1 fully saturated rings. The van der Waals surface area contributed by atoms with Crippen molar-refractivity contribution < 1.29 is 26.3 Å². The molecule has 0 amide bonds. The highest BCUT2D eigenvalue weighted by Crippen LogP contribution is 2.32. The van der Waals surface area contributed by atoms with Crippen LogP contribution in [0.2, 0.25) is 0 Å². The van der Waals surface area contributed by atoms with Crippen molar-refractivity contribution in [2.45, 2.75) is 36.3 Å². The average Bonchev–Trinajstić information content (AvgIpc) is 3.24. The van der Waals surface area contributed by atoms with E-state index in [0.717, 1.165) is 29.6 Å². The van der Waals surface area contributed by atoms with Gasteiger partial charge < -0.3 is 4.74 Å². The molecule has 1 unspecified atom stereocenters. The van der Waals surface area contributed by atoms with Crippen molar-refractivity contribution in [1.82, 2.24) is 9.29 Å². The van der Waals surface area contributed by atoms with Crippen LogP contribution in [0.5, 0.6) is 5.88 Å². The highest BCUT2D eigenvalue weighted by Gasteiger charge is 2.35. The molecule has 26 heavy (non-hydrogen) atoms. The van der Waals surface area contributed by atoms with Crippen LogP contribution in [-0.4, -0.2) is 36.9 Å². The number of pyridine rings is 1. The normalized spacial score (nSPS) is 19.0. The smallest absolute Gasteiger partial charge is 0.416 e. The van der Waals surface area contributed by atoms with Crippen LogP contribution in [0.15, 0.2) is 34.7 Å². The minimum absolute atomic E-state index is 0.0830. The molecule has 1 aliphatic heterocycles. The Hall–Kier alpha value is -1.65. The second-order valence-corrected chi connectivity index (χ2v) is 9.18. The summed E-state index contributed by atoms with van der Waals surface area (Å²) in [6.07, 6.45) is -2.84. The zero-order chi connectivity index (χ0) is 18.9. The molecule has 0 radical (unpaired) electrons. The third-order valence-electron chi connectivity index (χ3n) is 4.04. The maximum absolute atomic E-state index is 12.7. The van der Waals surface area contributed by atoms with Crippen LogP contribution in [-0.2, 0) is 22.6 Å². The van der Waals surface area contributed by atoms with Gasteiger partial charge in [0.2, 0.25) is 5.88 Å². The summed E-state index contributed by atoms with van der Waals surface area (Å²) in [7, 11) is -3.61. The Kier molecular flexibility index (Phi) is 5.27. The summed E-state index contributed by atoms with van der Waals surface area (Å²) in [6.45, 7) is 2.29. The first-order chi connectivity index (χ1) is 12.2. The summed E-state index contributed by atoms with van der Waals surface area (Å²) < 4.78 is 70.6. The van der Waals surface area contributed by atoms with Gasteiger partial charge >= 0.3 is 6.18 Å². The van der Waals surface area contributed by atoms with Crippen molar-refractivity contribution >= 4 is 21.4 Å². The number of hydrogen-bond acceptors (Lipinski definition) is 5. The minimum Gasteiger partial charge on any atom is -0.473 e. The average molecular weight is 406 g/mol. The van der Waals surface area contributed by atoms with Crippen molar-refractivity contribution in [2.24, 2.45) is 0 Å². The van der Waals surface area contributed by atoms with Gasteiger partial charge in [0.25, 0.3) is 10.0 Å². The van der Waals surface area contributed by atoms with Crippen LogP contribution < -0.4 is 4.74 Å². The van der Waals surface area contributed by atoms with E-state index in [9.17, 15) is 21.6 Å². The predicted octanol–water partition coefficient (Wildman–Crippen LogP) is 3.57. The lowest BCUT2D eigenvalue weighted by Gasteiger charge is -2.16. The number of sulfonamides is 1.